The maximum absolute atomic E-state index is 2.40. The van der Waals surface area contributed by atoms with Gasteiger partial charge in [-0.15, -0.1) is 0 Å². The summed E-state index contributed by atoms with van der Waals surface area (Å²) in [6, 6.07) is 0. The molecule has 0 nitrogen and oxygen atoms in total. The smallest absolute Gasteiger partial charge is 0.000752 e. The van der Waals surface area contributed by atoms with E-state index in [1.54, 1.807) is 98.7 Å². The predicted molar refractivity (Wildman–Crippen MR) is 124 cm³/mol. The lowest BCUT2D eigenvalue weighted by Crippen LogP contribution is -2.14. The van der Waals surface area contributed by atoms with Gasteiger partial charge in [0.05, 0.1) is 0 Å². The average molecular weight is 373 g/mol. The first-order chi connectivity index (χ1) is 13.9. The summed E-state index contributed by atoms with van der Waals surface area (Å²) in [5.74, 6) is 0. The lowest BCUT2D eigenvalue weighted by atomic mass is 9.70. The van der Waals surface area contributed by atoms with Gasteiger partial charge in [0.25, 0.3) is 0 Å². The lowest BCUT2D eigenvalue weighted by molar-refractivity contribution is 1.06. The van der Waals surface area contributed by atoms with Crippen molar-refractivity contribution in [3.63, 3.8) is 0 Å². The molecule has 0 fully saturated rings. The van der Waals surface area contributed by atoms with Gasteiger partial charge in [-0.05, 0) is 171 Å². The summed E-state index contributed by atoms with van der Waals surface area (Å²) in [5.41, 5.74) is 19.2. The molecule has 0 heteroatoms. The number of hydrogen-bond donors (Lipinski definition) is 0. The molecule has 140 valence electrons. The summed E-state index contributed by atoms with van der Waals surface area (Å²) in [7, 11) is 0. The second kappa shape index (κ2) is 4.15. The maximum Gasteiger partial charge on any atom is -0.000752 e. The van der Waals surface area contributed by atoms with E-state index in [0.717, 1.165) is 6.42 Å². The van der Waals surface area contributed by atoms with E-state index in [9.17, 15) is 0 Å². The third kappa shape index (κ3) is 1.25. The third-order valence-corrected chi connectivity index (χ3v) is 9.46. The molecule has 0 saturated heterocycles. The van der Waals surface area contributed by atoms with E-state index in [1.165, 1.54) is 24.0 Å². The minimum Gasteiger partial charge on any atom is -0.0434 e. The van der Waals surface area contributed by atoms with Crippen LogP contribution in [-0.2, 0) is 19.3 Å². The zero-order valence-corrected chi connectivity index (χ0v) is 18.1. The van der Waals surface area contributed by atoms with E-state index in [4.69, 9.17) is 0 Å². The predicted octanol–water partition coefficient (Wildman–Crippen LogP) is 7.30. The van der Waals surface area contributed by atoms with Crippen LogP contribution in [0.15, 0.2) is 0 Å². The fourth-order valence-corrected chi connectivity index (χ4v) is 7.53. The Balaban J connectivity index is 1.89. The molecular formula is C29H24. The molecule has 0 heterocycles. The van der Waals surface area contributed by atoms with Crippen LogP contribution >= 0.6 is 0 Å². The number of rotatable bonds is 0. The molecule has 0 saturated carbocycles. The van der Waals surface area contributed by atoms with Crippen LogP contribution in [0.4, 0.5) is 0 Å². The minimum atomic E-state index is 1.15. The zero-order valence-electron chi connectivity index (χ0n) is 18.1. The van der Waals surface area contributed by atoms with Crippen molar-refractivity contribution in [1.29, 1.82) is 0 Å². The average Bonchev–Trinajstić information content (AvgIpc) is 3.04. The van der Waals surface area contributed by atoms with Crippen molar-refractivity contribution in [2.75, 3.05) is 0 Å². The Hall–Kier alpha value is -2.60. The highest BCUT2D eigenvalue weighted by molar-refractivity contribution is 6.39. The largest absolute Gasteiger partial charge is 0.0434 e. The fraction of sp³-hybridized carbons (Fsp3) is 0.310. The van der Waals surface area contributed by atoms with Gasteiger partial charge in [0.1, 0.15) is 0 Å². The van der Waals surface area contributed by atoms with Crippen molar-refractivity contribution in [2.24, 2.45) is 0 Å². The Kier molecular flexibility index (Phi) is 2.18. The Morgan fingerprint density at radius 2 is 0.586 bits per heavy atom. The molecule has 3 aliphatic carbocycles. The SMILES string of the molecule is Cc1c2c3c(c(C)c4c5c6c(c(C)c7c8c(c(C)c(C)c(c(c1C)c35)c86)C7)C4)C2. The zero-order chi connectivity index (χ0) is 19.7. The topological polar surface area (TPSA) is 0 Å². The molecule has 0 aromatic heterocycles. The highest BCUT2D eigenvalue weighted by Crippen LogP contribution is 2.58. The molecular weight excluding hydrogens is 348 g/mol. The molecule has 0 unspecified atom stereocenters. The van der Waals surface area contributed by atoms with Crippen LogP contribution in [0.1, 0.15) is 66.8 Å². The molecule has 0 radical (unpaired) electrons. The summed E-state index contributed by atoms with van der Waals surface area (Å²) < 4.78 is 0. The Morgan fingerprint density at radius 3 is 0.966 bits per heavy atom. The monoisotopic (exact) mass is 372 g/mol. The van der Waals surface area contributed by atoms with E-state index in [0.29, 0.717) is 0 Å². The number of aryl methyl sites for hydroxylation is 2. The highest BCUT2D eigenvalue weighted by atomic mass is 14.4. The van der Waals surface area contributed by atoms with Gasteiger partial charge in [0.2, 0.25) is 0 Å². The van der Waals surface area contributed by atoms with Crippen LogP contribution < -0.4 is 0 Å². The summed E-state index contributed by atoms with van der Waals surface area (Å²) in [6.45, 7) is 14.3. The van der Waals surface area contributed by atoms with E-state index >= 15 is 0 Å². The van der Waals surface area contributed by atoms with Crippen LogP contribution in [0, 0.1) is 41.5 Å². The van der Waals surface area contributed by atoms with E-state index < -0.39 is 0 Å². The summed E-state index contributed by atoms with van der Waals surface area (Å²) in [4.78, 5) is 0. The van der Waals surface area contributed by atoms with Gasteiger partial charge < -0.3 is 0 Å². The highest BCUT2D eigenvalue weighted by Gasteiger charge is 2.37. The first kappa shape index (κ1) is 15.3. The molecule has 0 bridgehead atoms. The molecule has 0 atom stereocenters. The first-order valence-corrected chi connectivity index (χ1v) is 11.1. The molecule has 0 amide bonds. The summed E-state index contributed by atoms with van der Waals surface area (Å²) in [6.07, 6.45) is 3.51. The summed E-state index contributed by atoms with van der Waals surface area (Å²) in [5, 5.41) is 12.9. The molecule has 0 spiro atoms. The van der Waals surface area contributed by atoms with Crippen molar-refractivity contribution in [3.8, 4) is 0 Å². The molecule has 8 rings (SSSR count). The Bertz CT molecular complexity index is 1560. The van der Waals surface area contributed by atoms with Crippen molar-refractivity contribution < 1.29 is 0 Å². The molecule has 29 heavy (non-hydrogen) atoms. The molecule has 3 aliphatic rings. The van der Waals surface area contributed by atoms with E-state index in [1.807, 2.05) is 0 Å². The second-order valence-electron chi connectivity index (χ2n) is 10.2. The van der Waals surface area contributed by atoms with Crippen LogP contribution in [0.2, 0.25) is 0 Å². The van der Waals surface area contributed by atoms with Crippen LogP contribution in [0.5, 0.6) is 0 Å². The first-order valence-electron chi connectivity index (χ1n) is 11.1. The minimum absolute atomic E-state index is 1.15. The maximum atomic E-state index is 2.40. The van der Waals surface area contributed by atoms with Gasteiger partial charge in [-0.25, -0.2) is 0 Å². The lowest BCUT2D eigenvalue weighted by Gasteiger charge is -2.33. The normalized spacial score (nSPS) is 15.5. The van der Waals surface area contributed by atoms with Gasteiger partial charge in [-0.3, -0.25) is 0 Å². The molecule has 0 N–H and O–H groups in total. The standard InChI is InChI=1S/C29H24/c1-10-12(3)22-23-13(4)11(2)17-8-19-15(6)21-9-20-14(5)18-7-16(10)24(18)28(22)26(20)27(21)29(23)25(17)19/h7-9H2,1-6H3. The van der Waals surface area contributed by atoms with Gasteiger partial charge in [0, 0.05) is 0 Å². The van der Waals surface area contributed by atoms with Crippen LogP contribution in [-0.4, -0.2) is 0 Å². The third-order valence-electron chi connectivity index (χ3n) is 9.46. The Morgan fingerprint density at radius 1 is 0.276 bits per heavy atom. The Labute approximate surface area is 170 Å². The van der Waals surface area contributed by atoms with Crippen molar-refractivity contribution >= 4 is 43.1 Å². The van der Waals surface area contributed by atoms with E-state index in [-0.39, 0.29) is 0 Å². The van der Waals surface area contributed by atoms with Gasteiger partial charge in [0.15, 0.2) is 0 Å². The number of benzene rings is 5. The second-order valence-corrected chi connectivity index (χ2v) is 10.2. The molecule has 5 aromatic carbocycles. The number of hydrogen-bond acceptors (Lipinski definition) is 0. The molecule has 5 aromatic rings. The van der Waals surface area contributed by atoms with Crippen molar-refractivity contribution in [3.05, 3.63) is 66.8 Å². The van der Waals surface area contributed by atoms with Crippen LogP contribution in [0.3, 0.4) is 0 Å². The van der Waals surface area contributed by atoms with Gasteiger partial charge >= 0.3 is 0 Å². The van der Waals surface area contributed by atoms with Gasteiger partial charge in [-0.1, -0.05) is 0 Å². The van der Waals surface area contributed by atoms with Crippen LogP contribution in [0.25, 0.3) is 43.1 Å². The fourth-order valence-electron chi connectivity index (χ4n) is 7.53. The van der Waals surface area contributed by atoms with Crippen molar-refractivity contribution in [1.82, 2.24) is 0 Å². The van der Waals surface area contributed by atoms with Gasteiger partial charge in [-0.2, -0.15) is 0 Å². The number of fused-ring (bicyclic) bond motifs is 1. The quantitative estimate of drug-likeness (QED) is 0.193. The van der Waals surface area contributed by atoms with Crippen molar-refractivity contribution in [2.45, 2.75) is 60.8 Å². The summed E-state index contributed by atoms with van der Waals surface area (Å²) >= 11 is 0. The van der Waals surface area contributed by atoms with E-state index in [2.05, 4.69) is 41.5 Å². The molecule has 0 aliphatic heterocycles.